The number of rotatable bonds is 6. The number of hydrogen-bond donors (Lipinski definition) is 2. The van der Waals surface area contributed by atoms with E-state index in [2.05, 4.69) is 5.32 Å². The van der Waals surface area contributed by atoms with Crippen molar-refractivity contribution in [3.8, 4) is 0 Å². The SMILES string of the molecule is CC(C)(C)OC(=O)NC(CSc1ccccc1)CC(=O)O. The minimum atomic E-state index is -0.954. The number of hydrogen-bond acceptors (Lipinski definition) is 4. The molecule has 21 heavy (non-hydrogen) atoms. The number of benzene rings is 1. The van der Waals surface area contributed by atoms with Crippen molar-refractivity contribution in [2.45, 2.75) is 43.7 Å². The van der Waals surface area contributed by atoms with Gasteiger partial charge < -0.3 is 15.2 Å². The highest BCUT2D eigenvalue weighted by molar-refractivity contribution is 7.99. The molecule has 0 spiro atoms. The lowest BCUT2D eigenvalue weighted by atomic mass is 10.2. The van der Waals surface area contributed by atoms with E-state index in [0.717, 1.165) is 4.90 Å². The summed E-state index contributed by atoms with van der Waals surface area (Å²) >= 11 is 1.50. The Hall–Kier alpha value is -1.69. The third-order valence-electron chi connectivity index (χ3n) is 2.34. The molecule has 0 aliphatic rings. The van der Waals surface area contributed by atoms with E-state index in [1.54, 1.807) is 20.8 Å². The number of thioether (sulfide) groups is 1. The van der Waals surface area contributed by atoms with Crippen molar-refractivity contribution in [1.29, 1.82) is 0 Å². The summed E-state index contributed by atoms with van der Waals surface area (Å²) in [5, 5.41) is 11.5. The van der Waals surface area contributed by atoms with Gasteiger partial charge in [0.1, 0.15) is 5.60 Å². The number of carboxylic acids is 1. The molecule has 0 bridgehead atoms. The van der Waals surface area contributed by atoms with Crippen molar-refractivity contribution in [3.63, 3.8) is 0 Å². The van der Waals surface area contributed by atoms with E-state index in [1.807, 2.05) is 30.3 Å². The minimum absolute atomic E-state index is 0.140. The van der Waals surface area contributed by atoms with Crippen molar-refractivity contribution in [1.82, 2.24) is 5.32 Å². The second-order valence-electron chi connectivity index (χ2n) is 5.57. The second-order valence-corrected chi connectivity index (χ2v) is 6.66. The summed E-state index contributed by atoms with van der Waals surface area (Å²) in [6, 6.07) is 9.14. The van der Waals surface area contributed by atoms with Gasteiger partial charge in [0.25, 0.3) is 0 Å². The van der Waals surface area contributed by atoms with Crippen molar-refractivity contribution in [2.75, 3.05) is 5.75 Å². The normalized spacial score (nSPS) is 12.5. The fourth-order valence-corrected chi connectivity index (χ4v) is 2.49. The van der Waals surface area contributed by atoms with Gasteiger partial charge in [-0.2, -0.15) is 0 Å². The molecule has 116 valence electrons. The predicted octanol–water partition coefficient (Wildman–Crippen LogP) is 3.15. The standard InChI is InChI=1S/C15H21NO4S/c1-15(2,3)20-14(19)16-11(9-13(17)18)10-21-12-7-5-4-6-8-12/h4-8,11H,9-10H2,1-3H3,(H,16,19)(H,17,18). The zero-order valence-corrected chi connectivity index (χ0v) is 13.3. The summed E-state index contributed by atoms with van der Waals surface area (Å²) in [6.07, 6.45) is -0.735. The van der Waals surface area contributed by atoms with E-state index in [0.29, 0.717) is 5.75 Å². The molecule has 1 rings (SSSR count). The number of amides is 1. The first-order valence-electron chi connectivity index (χ1n) is 6.65. The van der Waals surface area contributed by atoms with Crippen LogP contribution in [-0.2, 0) is 9.53 Å². The number of ether oxygens (including phenoxy) is 1. The molecule has 0 heterocycles. The summed E-state index contributed by atoms with van der Waals surface area (Å²) in [7, 11) is 0. The lowest BCUT2D eigenvalue weighted by molar-refractivity contribution is -0.137. The molecule has 1 unspecified atom stereocenters. The van der Waals surface area contributed by atoms with Gasteiger partial charge in [0, 0.05) is 10.6 Å². The molecular formula is C15H21NO4S. The molecule has 0 aromatic heterocycles. The molecule has 0 saturated carbocycles. The van der Waals surface area contributed by atoms with Crippen molar-refractivity contribution in [2.24, 2.45) is 0 Å². The van der Waals surface area contributed by atoms with Crippen LogP contribution in [0.5, 0.6) is 0 Å². The number of nitrogens with one attached hydrogen (secondary N) is 1. The molecule has 0 fully saturated rings. The van der Waals surface area contributed by atoms with Crippen molar-refractivity contribution < 1.29 is 19.4 Å². The quantitative estimate of drug-likeness (QED) is 0.789. The molecule has 1 aromatic rings. The third-order valence-corrected chi connectivity index (χ3v) is 3.51. The Kier molecular flexibility index (Phi) is 6.55. The maximum atomic E-state index is 11.7. The van der Waals surface area contributed by atoms with E-state index in [9.17, 15) is 9.59 Å². The highest BCUT2D eigenvalue weighted by atomic mass is 32.2. The molecule has 1 aromatic carbocycles. The van der Waals surface area contributed by atoms with E-state index >= 15 is 0 Å². The average molecular weight is 311 g/mol. The number of aliphatic carboxylic acids is 1. The van der Waals surface area contributed by atoms with E-state index in [1.165, 1.54) is 11.8 Å². The van der Waals surface area contributed by atoms with Gasteiger partial charge >= 0.3 is 12.1 Å². The lowest BCUT2D eigenvalue weighted by Gasteiger charge is -2.22. The van der Waals surface area contributed by atoms with Gasteiger partial charge in [-0.3, -0.25) is 4.79 Å². The second kappa shape index (κ2) is 7.93. The van der Waals surface area contributed by atoms with E-state index < -0.39 is 23.7 Å². The van der Waals surface area contributed by atoms with Gasteiger partial charge in [-0.25, -0.2) is 4.79 Å². The van der Waals surface area contributed by atoms with Crippen molar-refractivity contribution in [3.05, 3.63) is 30.3 Å². The van der Waals surface area contributed by atoms with Gasteiger partial charge in [0.15, 0.2) is 0 Å². The summed E-state index contributed by atoms with van der Waals surface area (Å²) in [5.41, 5.74) is -0.607. The molecule has 1 atom stereocenters. The number of carbonyl (C=O) groups is 2. The fourth-order valence-electron chi connectivity index (χ4n) is 1.55. The Morgan fingerprint density at radius 2 is 1.90 bits per heavy atom. The van der Waals surface area contributed by atoms with Crippen LogP contribution in [0.15, 0.2) is 35.2 Å². The van der Waals surface area contributed by atoms with Gasteiger partial charge in [-0.1, -0.05) is 18.2 Å². The number of carboxylic acid groups (broad SMARTS) is 1. The zero-order valence-electron chi connectivity index (χ0n) is 12.5. The molecule has 2 N–H and O–H groups in total. The van der Waals surface area contributed by atoms with Crippen LogP contribution in [0.3, 0.4) is 0 Å². The summed E-state index contributed by atoms with van der Waals surface area (Å²) in [6.45, 7) is 5.28. The lowest BCUT2D eigenvalue weighted by Crippen LogP contribution is -2.41. The van der Waals surface area contributed by atoms with Gasteiger partial charge in [0.05, 0.1) is 12.5 Å². The molecule has 0 aliphatic heterocycles. The monoisotopic (exact) mass is 311 g/mol. The van der Waals surface area contributed by atoms with Crippen LogP contribution in [0, 0.1) is 0 Å². The van der Waals surface area contributed by atoms with Gasteiger partial charge in [-0.05, 0) is 32.9 Å². The van der Waals surface area contributed by atoms with Crippen LogP contribution >= 0.6 is 11.8 Å². The smallest absolute Gasteiger partial charge is 0.407 e. The Morgan fingerprint density at radius 1 is 1.29 bits per heavy atom. The Bertz CT molecular complexity index is 470. The van der Waals surface area contributed by atoms with Crippen LogP contribution in [0.1, 0.15) is 27.2 Å². The first-order valence-corrected chi connectivity index (χ1v) is 7.64. The molecular weight excluding hydrogens is 290 g/mol. The van der Waals surface area contributed by atoms with Crippen LogP contribution in [-0.4, -0.2) is 34.6 Å². The molecule has 0 saturated heterocycles. The average Bonchev–Trinajstić information content (AvgIpc) is 2.34. The van der Waals surface area contributed by atoms with Crippen LogP contribution in [0.2, 0.25) is 0 Å². The van der Waals surface area contributed by atoms with Crippen LogP contribution in [0.25, 0.3) is 0 Å². The fraction of sp³-hybridized carbons (Fsp3) is 0.467. The summed E-state index contributed by atoms with van der Waals surface area (Å²) < 4.78 is 5.15. The largest absolute Gasteiger partial charge is 0.481 e. The zero-order chi connectivity index (χ0) is 15.9. The maximum absolute atomic E-state index is 11.7. The first-order chi connectivity index (χ1) is 9.76. The molecule has 0 radical (unpaired) electrons. The van der Waals surface area contributed by atoms with Crippen LogP contribution < -0.4 is 5.32 Å². The predicted molar refractivity (Wildman–Crippen MR) is 82.6 cm³/mol. The molecule has 0 aliphatic carbocycles. The number of carbonyl (C=O) groups excluding carboxylic acids is 1. The van der Waals surface area contributed by atoms with E-state index in [4.69, 9.17) is 9.84 Å². The third kappa shape index (κ3) is 8.24. The van der Waals surface area contributed by atoms with Gasteiger partial charge in [0.2, 0.25) is 0 Å². The number of alkyl carbamates (subject to hydrolysis) is 1. The van der Waals surface area contributed by atoms with Crippen LogP contribution in [0.4, 0.5) is 4.79 Å². The van der Waals surface area contributed by atoms with Gasteiger partial charge in [-0.15, -0.1) is 11.8 Å². The maximum Gasteiger partial charge on any atom is 0.407 e. The highest BCUT2D eigenvalue weighted by Gasteiger charge is 2.21. The molecule has 1 amide bonds. The first kappa shape index (κ1) is 17.4. The minimum Gasteiger partial charge on any atom is -0.481 e. The van der Waals surface area contributed by atoms with E-state index in [-0.39, 0.29) is 6.42 Å². The Labute approximate surface area is 129 Å². The van der Waals surface area contributed by atoms with Crippen molar-refractivity contribution >= 4 is 23.8 Å². The highest BCUT2D eigenvalue weighted by Crippen LogP contribution is 2.19. The Morgan fingerprint density at radius 3 is 2.43 bits per heavy atom. The Balaban J connectivity index is 2.55. The summed E-state index contributed by atoms with van der Waals surface area (Å²) in [4.78, 5) is 23.6. The molecule has 6 heteroatoms. The molecule has 5 nitrogen and oxygen atoms in total. The summed E-state index contributed by atoms with van der Waals surface area (Å²) in [5.74, 6) is -0.486. The topological polar surface area (TPSA) is 75.6 Å².